The van der Waals surface area contributed by atoms with Gasteiger partial charge in [-0.15, -0.1) is 0 Å². The first kappa shape index (κ1) is 10.7. The highest BCUT2D eigenvalue weighted by atomic mass is 16.5. The van der Waals surface area contributed by atoms with Gasteiger partial charge in [0.2, 0.25) is 0 Å². The van der Waals surface area contributed by atoms with Crippen LogP contribution in [0.15, 0.2) is 18.2 Å². The molecule has 3 heteroatoms. The summed E-state index contributed by atoms with van der Waals surface area (Å²) in [6, 6.07) is 5.86. The van der Waals surface area contributed by atoms with Crippen LogP contribution in [-0.2, 0) is 0 Å². The lowest BCUT2D eigenvalue weighted by Gasteiger charge is -2.23. The van der Waals surface area contributed by atoms with Crippen LogP contribution in [0, 0.1) is 0 Å². The molecule has 1 aromatic rings. The predicted molar refractivity (Wildman–Crippen MR) is 61.0 cm³/mol. The highest BCUT2D eigenvalue weighted by Gasteiger charge is 2.09. The van der Waals surface area contributed by atoms with E-state index in [0.717, 1.165) is 30.2 Å². The van der Waals surface area contributed by atoms with Crippen LogP contribution in [0.25, 0.3) is 0 Å². The SMILES string of the molecule is CCN(CC)c1cccc(OC)c1N. The molecule has 0 aliphatic rings. The average Bonchev–Trinajstić information content (AvgIpc) is 2.22. The minimum Gasteiger partial charge on any atom is -0.495 e. The van der Waals surface area contributed by atoms with Gasteiger partial charge in [-0.1, -0.05) is 6.07 Å². The van der Waals surface area contributed by atoms with E-state index in [1.807, 2.05) is 18.2 Å². The molecule has 0 saturated heterocycles. The first-order valence-corrected chi connectivity index (χ1v) is 4.92. The largest absolute Gasteiger partial charge is 0.495 e. The first-order chi connectivity index (χ1) is 6.74. The zero-order valence-electron chi connectivity index (χ0n) is 9.08. The fourth-order valence-electron chi connectivity index (χ4n) is 1.55. The van der Waals surface area contributed by atoms with Gasteiger partial charge in [-0.25, -0.2) is 0 Å². The summed E-state index contributed by atoms with van der Waals surface area (Å²) < 4.78 is 5.17. The Hall–Kier alpha value is -1.38. The topological polar surface area (TPSA) is 38.5 Å². The Morgan fingerprint density at radius 2 is 1.93 bits per heavy atom. The summed E-state index contributed by atoms with van der Waals surface area (Å²) >= 11 is 0. The van der Waals surface area contributed by atoms with E-state index in [2.05, 4.69) is 18.7 Å². The Morgan fingerprint density at radius 1 is 1.29 bits per heavy atom. The molecule has 0 unspecified atom stereocenters. The summed E-state index contributed by atoms with van der Waals surface area (Å²) in [5.74, 6) is 0.745. The van der Waals surface area contributed by atoms with Gasteiger partial charge in [0, 0.05) is 13.1 Å². The molecule has 0 saturated carbocycles. The number of ether oxygens (including phenoxy) is 1. The molecule has 0 bridgehead atoms. The minimum absolute atomic E-state index is 0.721. The summed E-state index contributed by atoms with van der Waals surface area (Å²) in [6.45, 7) is 6.13. The molecule has 0 aliphatic heterocycles. The van der Waals surface area contributed by atoms with Crippen LogP contribution in [0.4, 0.5) is 11.4 Å². The second kappa shape index (κ2) is 4.74. The van der Waals surface area contributed by atoms with E-state index in [0.29, 0.717) is 0 Å². The number of hydrogen-bond donors (Lipinski definition) is 1. The molecular formula is C11H18N2O. The standard InChI is InChI=1S/C11H18N2O/c1-4-13(5-2)9-7-6-8-10(14-3)11(9)12/h6-8H,4-5,12H2,1-3H3. The number of hydrogen-bond acceptors (Lipinski definition) is 3. The van der Waals surface area contributed by atoms with Gasteiger partial charge in [0.25, 0.3) is 0 Å². The minimum atomic E-state index is 0.721. The molecular weight excluding hydrogens is 176 g/mol. The van der Waals surface area contributed by atoms with E-state index in [9.17, 15) is 0 Å². The molecule has 0 spiro atoms. The van der Waals surface area contributed by atoms with Crippen molar-refractivity contribution < 1.29 is 4.74 Å². The quantitative estimate of drug-likeness (QED) is 0.746. The molecule has 0 heterocycles. The fraction of sp³-hybridized carbons (Fsp3) is 0.455. The van der Waals surface area contributed by atoms with Gasteiger partial charge in [-0.3, -0.25) is 0 Å². The van der Waals surface area contributed by atoms with Crippen LogP contribution in [0.5, 0.6) is 5.75 Å². The van der Waals surface area contributed by atoms with Gasteiger partial charge in [-0.2, -0.15) is 0 Å². The Bertz CT molecular complexity index is 295. The predicted octanol–water partition coefficient (Wildman–Crippen LogP) is 2.12. The van der Waals surface area contributed by atoms with Crippen LogP contribution >= 0.6 is 0 Å². The number of nitrogens with zero attached hydrogens (tertiary/aromatic N) is 1. The van der Waals surface area contributed by atoms with E-state index in [1.165, 1.54) is 0 Å². The van der Waals surface area contributed by atoms with Crippen molar-refractivity contribution in [1.82, 2.24) is 0 Å². The zero-order chi connectivity index (χ0) is 10.6. The molecule has 1 aromatic carbocycles. The van der Waals surface area contributed by atoms with Crippen molar-refractivity contribution >= 4 is 11.4 Å². The third-order valence-corrected chi connectivity index (χ3v) is 2.37. The molecule has 0 radical (unpaired) electrons. The summed E-state index contributed by atoms with van der Waals surface area (Å²) in [5.41, 5.74) is 7.75. The molecule has 14 heavy (non-hydrogen) atoms. The molecule has 1 rings (SSSR count). The van der Waals surface area contributed by atoms with Crippen LogP contribution in [-0.4, -0.2) is 20.2 Å². The number of nitrogen functional groups attached to an aromatic ring is 1. The van der Waals surface area contributed by atoms with Crippen molar-refractivity contribution in [2.75, 3.05) is 30.8 Å². The number of nitrogens with two attached hydrogens (primary N) is 1. The van der Waals surface area contributed by atoms with Crippen molar-refractivity contribution in [2.24, 2.45) is 0 Å². The molecule has 2 N–H and O–H groups in total. The third kappa shape index (κ3) is 1.92. The van der Waals surface area contributed by atoms with Gasteiger partial charge in [0.15, 0.2) is 0 Å². The summed E-state index contributed by atoms with van der Waals surface area (Å²) in [4.78, 5) is 2.21. The highest BCUT2D eigenvalue weighted by Crippen LogP contribution is 2.31. The molecule has 0 fully saturated rings. The molecule has 78 valence electrons. The Balaban J connectivity index is 3.07. The lowest BCUT2D eigenvalue weighted by atomic mass is 10.2. The molecule has 3 nitrogen and oxygen atoms in total. The average molecular weight is 194 g/mol. The number of rotatable bonds is 4. The molecule has 0 aromatic heterocycles. The number of benzene rings is 1. The number of para-hydroxylation sites is 1. The maximum absolute atomic E-state index is 5.98. The second-order valence-electron chi connectivity index (χ2n) is 3.07. The van der Waals surface area contributed by atoms with Gasteiger partial charge >= 0.3 is 0 Å². The lowest BCUT2D eigenvalue weighted by Crippen LogP contribution is -2.22. The number of methoxy groups -OCH3 is 1. The van der Waals surface area contributed by atoms with Crippen molar-refractivity contribution in [2.45, 2.75) is 13.8 Å². The van der Waals surface area contributed by atoms with E-state index < -0.39 is 0 Å². The normalized spacial score (nSPS) is 9.93. The lowest BCUT2D eigenvalue weighted by molar-refractivity contribution is 0.417. The van der Waals surface area contributed by atoms with Crippen molar-refractivity contribution in [3.05, 3.63) is 18.2 Å². The fourth-order valence-corrected chi connectivity index (χ4v) is 1.55. The van der Waals surface area contributed by atoms with Crippen LogP contribution in [0.1, 0.15) is 13.8 Å². The van der Waals surface area contributed by atoms with Crippen molar-refractivity contribution in [3.8, 4) is 5.75 Å². The molecule has 0 atom stereocenters. The van der Waals surface area contributed by atoms with Crippen molar-refractivity contribution in [3.63, 3.8) is 0 Å². The second-order valence-corrected chi connectivity index (χ2v) is 3.07. The summed E-state index contributed by atoms with van der Waals surface area (Å²) in [7, 11) is 1.64. The van der Waals surface area contributed by atoms with E-state index >= 15 is 0 Å². The maximum atomic E-state index is 5.98. The summed E-state index contributed by atoms with van der Waals surface area (Å²) in [6.07, 6.45) is 0. The number of anilines is 2. The van der Waals surface area contributed by atoms with Gasteiger partial charge in [0.1, 0.15) is 5.75 Å². The Labute approximate surface area is 85.5 Å². The monoisotopic (exact) mass is 194 g/mol. The van der Waals surface area contributed by atoms with E-state index in [1.54, 1.807) is 7.11 Å². The zero-order valence-corrected chi connectivity index (χ0v) is 9.08. The maximum Gasteiger partial charge on any atom is 0.143 e. The van der Waals surface area contributed by atoms with Crippen LogP contribution in [0.2, 0.25) is 0 Å². The van der Waals surface area contributed by atoms with E-state index in [-0.39, 0.29) is 0 Å². The highest BCUT2D eigenvalue weighted by molar-refractivity contribution is 5.73. The van der Waals surface area contributed by atoms with Crippen LogP contribution in [0.3, 0.4) is 0 Å². The first-order valence-electron chi connectivity index (χ1n) is 4.92. The van der Waals surface area contributed by atoms with E-state index in [4.69, 9.17) is 10.5 Å². The third-order valence-electron chi connectivity index (χ3n) is 2.37. The smallest absolute Gasteiger partial charge is 0.143 e. The molecule has 0 amide bonds. The van der Waals surface area contributed by atoms with Gasteiger partial charge in [0.05, 0.1) is 18.5 Å². The van der Waals surface area contributed by atoms with Gasteiger partial charge < -0.3 is 15.4 Å². The summed E-state index contributed by atoms with van der Waals surface area (Å²) in [5, 5.41) is 0. The van der Waals surface area contributed by atoms with Crippen LogP contribution < -0.4 is 15.4 Å². The Morgan fingerprint density at radius 3 is 2.43 bits per heavy atom. The van der Waals surface area contributed by atoms with Gasteiger partial charge in [-0.05, 0) is 26.0 Å². The Kier molecular flexibility index (Phi) is 3.63. The molecule has 0 aliphatic carbocycles. The van der Waals surface area contributed by atoms with Crippen molar-refractivity contribution in [1.29, 1.82) is 0 Å².